The predicted molar refractivity (Wildman–Crippen MR) is 268 cm³/mol. The summed E-state index contributed by atoms with van der Waals surface area (Å²) in [6, 6.07) is 23.5. The minimum absolute atomic E-state index is 0.166. The van der Waals surface area contributed by atoms with Gasteiger partial charge in [-0.3, -0.25) is 15.8 Å². The Bertz CT molecular complexity index is 2120. The lowest BCUT2D eigenvalue weighted by Crippen LogP contribution is -2.28. The van der Waals surface area contributed by atoms with Crippen LogP contribution in [0.4, 0.5) is 5.69 Å². The highest BCUT2D eigenvalue weighted by Gasteiger charge is 2.39. The summed E-state index contributed by atoms with van der Waals surface area (Å²) in [7, 11) is 0. The third kappa shape index (κ3) is 11.9. The van der Waals surface area contributed by atoms with Crippen LogP contribution in [0, 0.1) is 10.8 Å². The van der Waals surface area contributed by atoms with E-state index < -0.39 is 0 Å². The van der Waals surface area contributed by atoms with E-state index in [2.05, 4.69) is 176 Å². The highest BCUT2D eigenvalue weighted by molar-refractivity contribution is 9.10. The summed E-state index contributed by atoms with van der Waals surface area (Å²) in [4.78, 5) is 8.85. The Morgan fingerprint density at radius 2 is 1.67 bits per heavy atom. The number of nitrogens with one attached hydrogen (secondary N) is 2. The lowest BCUT2D eigenvalue weighted by atomic mass is 9.79. The van der Waals surface area contributed by atoms with Crippen molar-refractivity contribution in [2.45, 2.75) is 103 Å². The molecule has 2 aliphatic rings. The van der Waals surface area contributed by atoms with Gasteiger partial charge in [0.1, 0.15) is 8.75 Å². The maximum Gasteiger partial charge on any atom is 0.133 e. The summed E-state index contributed by atoms with van der Waals surface area (Å²) < 4.78 is 3.00. The smallest absolute Gasteiger partial charge is 0.133 e. The number of nitrogens with zero attached hydrogens (tertiary/aromatic N) is 2. The molecular weight excluding hydrogens is 901 g/mol. The number of unbranched alkanes of at least 4 members (excludes halogenated alkanes) is 2. The molecule has 0 atom stereocenters. The quantitative estimate of drug-likeness (QED) is 0.0905. The molecule has 0 unspecified atom stereocenters. The van der Waals surface area contributed by atoms with Crippen LogP contribution in [0.2, 0.25) is 0 Å². The minimum atomic E-state index is -0.305. The normalized spacial score (nSPS) is 17.1. The molecule has 0 bridgehead atoms. The number of thioether (sulfide) groups is 3. The molecule has 9 heteroatoms. The summed E-state index contributed by atoms with van der Waals surface area (Å²) >= 11 is 11.7. The molecule has 306 valence electrons. The number of hydrogen-bond donors (Lipinski definition) is 2. The van der Waals surface area contributed by atoms with Gasteiger partial charge in [0, 0.05) is 60.6 Å². The molecule has 0 saturated heterocycles. The van der Waals surface area contributed by atoms with Crippen LogP contribution in [0.1, 0.15) is 109 Å². The molecule has 3 aromatic carbocycles. The van der Waals surface area contributed by atoms with Crippen molar-refractivity contribution in [1.29, 1.82) is 10.8 Å². The molecule has 1 heterocycles. The number of hydrogen-bond acceptors (Lipinski definition) is 7. The van der Waals surface area contributed by atoms with E-state index in [1.54, 1.807) is 0 Å². The molecule has 1 aliphatic carbocycles. The Balaban J connectivity index is 1.52. The maximum absolute atomic E-state index is 9.23. The van der Waals surface area contributed by atoms with Crippen molar-refractivity contribution in [2.75, 3.05) is 18.0 Å². The van der Waals surface area contributed by atoms with Crippen LogP contribution in [0.3, 0.4) is 0 Å². The minimum Gasteiger partial charge on any atom is -0.344 e. The van der Waals surface area contributed by atoms with Gasteiger partial charge in [0.05, 0.1) is 0 Å². The third-order valence-electron chi connectivity index (χ3n) is 10.9. The molecule has 0 spiro atoms. The molecule has 4 nitrogen and oxygen atoms in total. The van der Waals surface area contributed by atoms with E-state index in [1.165, 1.54) is 68.9 Å². The van der Waals surface area contributed by atoms with E-state index in [-0.39, 0.29) is 10.8 Å². The highest BCUT2D eigenvalue weighted by Crippen LogP contribution is 2.49. The summed E-state index contributed by atoms with van der Waals surface area (Å²) in [5.41, 5.74) is 10.4. The number of fused-ring (bicyclic) bond motifs is 1. The zero-order valence-electron chi connectivity index (χ0n) is 34.9. The average Bonchev–Trinajstić information content (AvgIpc) is 3.41. The van der Waals surface area contributed by atoms with E-state index in [0.717, 1.165) is 88.7 Å². The van der Waals surface area contributed by atoms with E-state index in [0.29, 0.717) is 14.5 Å². The lowest BCUT2D eigenvalue weighted by Gasteiger charge is -2.28. The first kappa shape index (κ1) is 46.2. The highest BCUT2D eigenvalue weighted by atomic mass is 79.9. The molecule has 2 N–H and O–H groups in total. The Morgan fingerprint density at radius 3 is 2.38 bits per heavy atom. The van der Waals surface area contributed by atoms with Gasteiger partial charge >= 0.3 is 0 Å². The fourth-order valence-corrected chi connectivity index (χ4v) is 11.1. The second-order valence-electron chi connectivity index (χ2n) is 15.8. The summed E-state index contributed by atoms with van der Waals surface area (Å²) in [6.07, 6.45) is 18.3. The summed E-state index contributed by atoms with van der Waals surface area (Å²) in [5, 5.41) is 18.0. The Labute approximate surface area is 378 Å². The van der Waals surface area contributed by atoms with Crippen LogP contribution in [-0.4, -0.2) is 27.6 Å². The molecule has 5 rings (SSSR count). The van der Waals surface area contributed by atoms with Crippen molar-refractivity contribution < 1.29 is 0 Å². The van der Waals surface area contributed by atoms with Crippen LogP contribution in [0.15, 0.2) is 133 Å². The molecule has 0 fully saturated rings. The van der Waals surface area contributed by atoms with Crippen molar-refractivity contribution in [2.24, 2.45) is 4.99 Å². The van der Waals surface area contributed by atoms with Gasteiger partial charge in [-0.1, -0.05) is 171 Å². The van der Waals surface area contributed by atoms with E-state index in [9.17, 15) is 5.41 Å². The molecular formula is C49H58Br2N4S3. The number of aliphatic imine (C=N–C) groups is 1. The van der Waals surface area contributed by atoms with Crippen molar-refractivity contribution in [3.05, 3.63) is 151 Å². The zero-order chi connectivity index (χ0) is 41.9. The second kappa shape index (κ2) is 21.6. The lowest BCUT2D eigenvalue weighted by molar-refractivity contribution is 0.624. The largest absolute Gasteiger partial charge is 0.344 e. The van der Waals surface area contributed by atoms with Crippen LogP contribution < -0.4 is 4.90 Å². The van der Waals surface area contributed by atoms with E-state index >= 15 is 0 Å². The topological polar surface area (TPSA) is 63.3 Å². The van der Waals surface area contributed by atoms with Crippen molar-refractivity contribution in [1.82, 2.24) is 0 Å². The second-order valence-corrected chi connectivity index (χ2v) is 21.2. The Hall–Kier alpha value is -2.82. The predicted octanol–water partition coefficient (Wildman–Crippen LogP) is 16.0. The van der Waals surface area contributed by atoms with Crippen LogP contribution in [0.5, 0.6) is 0 Å². The van der Waals surface area contributed by atoms with Gasteiger partial charge in [-0.05, 0) is 120 Å². The Morgan fingerprint density at radius 1 is 0.931 bits per heavy atom. The molecule has 0 saturated carbocycles. The number of halogens is 2. The molecule has 58 heavy (non-hydrogen) atoms. The average molecular weight is 959 g/mol. The number of rotatable bonds is 15. The van der Waals surface area contributed by atoms with Gasteiger partial charge in [-0.2, -0.15) is 0 Å². The Kier molecular flexibility index (Phi) is 17.2. The molecule has 1 aliphatic heterocycles. The maximum atomic E-state index is 9.23. The van der Waals surface area contributed by atoms with Crippen molar-refractivity contribution >= 4 is 93.4 Å². The van der Waals surface area contributed by atoms with Crippen LogP contribution >= 0.6 is 67.1 Å². The van der Waals surface area contributed by atoms with Gasteiger partial charge in [-0.15, -0.1) is 0 Å². The first-order valence-corrected chi connectivity index (χ1v) is 24.6. The van der Waals surface area contributed by atoms with Crippen molar-refractivity contribution in [3.63, 3.8) is 0 Å². The summed E-state index contributed by atoms with van der Waals surface area (Å²) in [6.45, 7) is 19.3. The number of anilines is 1. The van der Waals surface area contributed by atoms with E-state index in [1.807, 2.05) is 6.08 Å². The molecule has 0 amide bonds. The molecule has 0 radical (unpaired) electrons. The standard InChI is InChI=1S/C49H58Br2N4S3/c1-8-11-29-54-43(48(4,5)38-17-14-18-39(50)31-38)27-23-36-15-13-16-37(45(36)57-47(53)58-46(52)56-33-35-21-19-34(10-3)20-22-35)24-28-44-49(6,7)41-32-40(51)25-26-42(41)55(44)30-12-9-2/h10,14,17-28,31-32,52-53H,3,8-9,11-13,15-16,29-30,33H2,1-2,4-7H3/b27-23+,37-24+,44-28+,52-46?,53-47?,54-43?. The van der Waals surface area contributed by atoms with Gasteiger partial charge in [0.2, 0.25) is 0 Å². The van der Waals surface area contributed by atoms with E-state index in [4.69, 9.17) is 10.4 Å². The van der Waals surface area contributed by atoms with Crippen LogP contribution in [-0.2, 0) is 16.6 Å². The number of allylic oxidation sites excluding steroid dienone is 7. The van der Waals surface area contributed by atoms with Gasteiger partial charge < -0.3 is 4.90 Å². The van der Waals surface area contributed by atoms with Crippen LogP contribution in [0.25, 0.3) is 6.08 Å². The first-order valence-electron chi connectivity index (χ1n) is 20.4. The fourth-order valence-electron chi connectivity index (χ4n) is 7.38. The summed E-state index contributed by atoms with van der Waals surface area (Å²) in [5.74, 6) is 0.688. The monoisotopic (exact) mass is 956 g/mol. The first-order chi connectivity index (χ1) is 27.8. The zero-order valence-corrected chi connectivity index (χ0v) is 40.5. The van der Waals surface area contributed by atoms with Gasteiger partial charge in [0.25, 0.3) is 0 Å². The molecule has 0 aromatic heterocycles. The SMILES string of the molecule is C=Cc1ccc(CSC(=N)SC(=N)SC2=C(/C=C/C(=NCCCC)C(C)(C)c3cccc(Br)c3)CCC/C2=C\C=C2\N(CCCC)c3ccc(Br)cc3C2(C)C)cc1. The van der Waals surface area contributed by atoms with Gasteiger partial charge in [0.15, 0.2) is 0 Å². The van der Waals surface area contributed by atoms with Crippen molar-refractivity contribution in [3.8, 4) is 0 Å². The molecule has 3 aromatic rings. The third-order valence-corrected chi connectivity index (χ3v) is 15.0. The van der Waals surface area contributed by atoms with Gasteiger partial charge in [-0.25, -0.2) is 0 Å². The number of benzene rings is 3. The fraction of sp³-hybridized carbons (Fsp3) is 0.367.